The minimum atomic E-state index is 0.624. The summed E-state index contributed by atoms with van der Waals surface area (Å²) in [5.74, 6) is 1.77. The van der Waals surface area contributed by atoms with Crippen molar-refractivity contribution >= 4 is 16.7 Å². The largest absolute Gasteiger partial charge is 0.344 e. The van der Waals surface area contributed by atoms with Crippen molar-refractivity contribution in [2.75, 3.05) is 11.4 Å². The van der Waals surface area contributed by atoms with Gasteiger partial charge in [-0.2, -0.15) is 4.37 Å². The Hall–Kier alpha value is -0.640. The van der Waals surface area contributed by atoms with E-state index in [1.165, 1.54) is 12.8 Å². The third-order valence-corrected chi connectivity index (χ3v) is 3.93. The molecule has 0 bridgehead atoms. The SMILES string of the molecule is CCc1nsc(N2CC(C)CCC2C)n1. The first-order valence-electron chi connectivity index (χ1n) is 5.80. The van der Waals surface area contributed by atoms with Crippen molar-refractivity contribution in [3.05, 3.63) is 5.82 Å². The predicted octanol–water partition coefficient (Wildman–Crippen LogP) is 2.73. The summed E-state index contributed by atoms with van der Waals surface area (Å²) in [6.45, 7) is 7.85. The van der Waals surface area contributed by atoms with E-state index < -0.39 is 0 Å². The van der Waals surface area contributed by atoms with Gasteiger partial charge >= 0.3 is 0 Å². The number of hydrogen-bond acceptors (Lipinski definition) is 4. The van der Waals surface area contributed by atoms with Crippen LogP contribution in [0.1, 0.15) is 39.4 Å². The molecule has 2 atom stereocenters. The zero-order valence-electron chi connectivity index (χ0n) is 9.73. The fourth-order valence-electron chi connectivity index (χ4n) is 2.06. The topological polar surface area (TPSA) is 29.0 Å². The molecule has 0 saturated carbocycles. The molecule has 15 heavy (non-hydrogen) atoms. The summed E-state index contributed by atoms with van der Waals surface area (Å²) in [5, 5.41) is 1.12. The summed E-state index contributed by atoms with van der Waals surface area (Å²) >= 11 is 1.55. The lowest BCUT2D eigenvalue weighted by molar-refractivity contribution is 0.390. The van der Waals surface area contributed by atoms with Crippen LogP contribution < -0.4 is 4.90 Å². The molecule has 0 radical (unpaired) electrons. The van der Waals surface area contributed by atoms with E-state index >= 15 is 0 Å². The summed E-state index contributed by atoms with van der Waals surface area (Å²) in [5.41, 5.74) is 0. The third-order valence-electron chi connectivity index (χ3n) is 3.14. The van der Waals surface area contributed by atoms with Gasteiger partial charge in [0.05, 0.1) is 0 Å². The van der Waals surface area contributed by atoms with Crippen LogP contribution >= 0.6 is 11.5 Å². The van der Waals surface area contributed by atoms with E-state index in [-0.39, 0.29) is 0 Å². The Bertz CT molecular complexity index is 323. The number of aromatic nitrogens is 2. The molecule has 2 rings (SSSR count). The van der Waals surface area contributed by atoms with Crippen LogP contribution in [0.25, 0.3) is 0 Å². The Morgan fingerprint density at radius 3 is 2.87 bits per heavy atom. The van der Waals surface area contributed by atoms with Gasteiger partial charge < -0.3 is 4.90 Å². The number of rotatable bonds is 2. The van der Waals surface area contributed by atoms with Crippen LogP contribution in [0.4, 0.5) is 5.13 Å². The van der Waals surface area contributed by atoms with Crippen molar-refractivity contribution in [3.8, 4) is 0 Å². The standard InChI is InChI=1S/C11H19N3S/c1-4-10-12-11(15-13-10)14-7-8(2)5-6-9(14)3/h8-9H,4-7H2,1-3H3. The monoisotopic (exact) mass is 225 g/mol. The Labute approximate surface area is 95.7 Å². The van der Waals surface area contributed by atoms with E-state index in [0.717, 1.165) is 29.8 Å². The van der Waals surface area contributed by atoms with E-state index in [9.17, 15) is 0 Å². The first-order chi connectivity index (χ1) is 7.20. The molecule has 1 aliphatic rings. The average molecular weight is 225 g/mol. The highest BCUT2D eigenvalue weighted by Crippen LogP contribution is 2.28. The highest BCUT2D eigenvalue weighted by Gasteiger charge is 2.25. The molecule has 3 nitrogen and oxygen atoms in total. The molecular formula is C11H19N3S. The van der Waals surface area contributed by atoms with Crippen LogP contribution in [0.2, 0.25) is 0 Å². The fraction of sp³-hybridized carbons (Fsp3) is 0.818. The molecule has 2 unspecified atom stereocenters. The van der Waals surface area contributed by atoms with Gasteiger partial charge in [-0.05, 0) is 25.7 Å². The number of piperidine rings is 1. The Morgan fingerprint density at radius 1 is 1.40 bits per heavy atom. The lowest BCUT2D eigenvalue weighted by atomic mass is 9.96. The fourth-order valence-corrected chi connectivity index (χ4v) is 2.92. The quantitative estimate of drug-likeness (QED) is 0.775. The predicted molar refractivity (Wildman–Crippen MR) is 64.5 cm³/mol. The zero-order valence-corrected chi connectivity index (χ0v) is 10.5. The van der Waals surface area contributed by atoms with Gasteiger partial charge in [-0.15, -0.1) is 0 Å². The molecule has 2 heterocycles. The molecule has 1 saturated heterocycles. The van der Waals surface area contributed by atoms with Gasteiger partial charge in [-0.25, -0.2) is 4.98 Å². The summed E-state index contributed by atoms with van der Waals surface area (Å²) in [6, 6.07) is 0.624. The number of anilines is 1. The van der Waals surface area contributed by atoms with Crippen molar-refractivity contribution in [2.45, 2.75) is 46.1 Å². The molecule has 0 spiro atoms. The van der Waals surface area contributed by atoms with Gasteiger partial charge in [0.1, 0.15) is 5.82 Å². The van der Waals surface area contributed by atoms with E-state index in [4.69, 9.17) is 0 Å². The van der Waals surface area contributed by atoms with E-state index in [1.54, 1.807) is 11.5 Å². The van der Waals surface area contributed by atoms with Crippen LogP contribution in [-0.4, -0.2) is 21.9 Å². The second-order valence-electron chi connectivity index (χ2n) is 4.53. The second-order valence-corrected chi connectivity index (χ2v) is 5.26. The van der Waals surface area contributed by atoms with Crippen molar-refractivity contribution in [3.63, 3.8) is 0 Å². The summed E-state index contributed by atoms with van der Waals surface area (Å²) in [6.07, 6.45) is 3.56. The molecule has 0 amide bonds. The molecule has 1 aliphatic heterocycles. The van der Waals surface area contributed by atoms with Gasteiger partial charge in [-0.1, -0.05) is 13.8 Å². The lowest BCUT2D eigenvalue weighted by Gasteiger charge is -2.36. The maximum atomic E-state index is 4.57. The second kappa shape index (κ2) is 4.47. The maximum absolute atomic E-state index is 4.57. The highest BCUT2D eigenvalue weighted by atomic mass is 32.1. The van der Waals surface area contributed by atoms with E-state index in [2.05, 4.69) is 35.0 Å². The van der Waals surface area contributed by atoms with E-state index in [0.29, 0.717) is 6.04 Å². The summed E-state index contributed by atoms with van der Waals surface area (Å²) in [4.78, 5) is 6.99. The smallest absolute Gasteiger partial charge is 0.205 e. The summed E-state index contributed by atoms with van der Waals surface area (Å²) in [7, 11) is 0. The van der Waals surface area contributed by atoms with Crippen LogP contribution in [0.3, 0.4) is 0 Å². The molecule has 84 valence electrons. The maximum Gasteiger partial charge on any atom is 0.205 e. The molecule has 1 aromatic heterocycles. The Morgan fingerprint density at radius 2 is 2.20 bits per heavy atom. The molecule has 0 aromatic carbocycles. The van der Waals surface area contributed by atoms with Gasteiger partial charge in [0.2, 0.25) is 5.13 Å². The van der Waals surface area contributed by atoms with Gasteiger partial charge in [-0.3, -0.25) is 0 Å². The van der Waals surface area contributed by atoms with Crippen LogP contribution in [-0.2, 0) is 6.42 Å². The molecule has 4 heteroatoms. The van der Waals surface area contributed by atoms with Crippen molar-refractivity contribution < 1.29 is 0 Å². The third kappa shape index (κ3) is 2.30. The van der Waals surface area contributed by atoms with E-state index in [1.807, 2.05) is 0 Å². The Kier molecular flexibility index (Phi) is 3.24. The van der Waals surface area contributed by atoms with Gasteiger partial charge in [0.25, 0.3) is 0 Å². The van der Waals surface area contributed by atoms with Crippen LogP contribution in [0, 0.1) is 5.92 Å². The van der Waals surface area contributed by atoms with Crippen LogP contribution in [0.15, 0.2) is 0 Å². The first-order valence-corrected chi connectivity index (χ1v) is 6.57. The van der Waals surface area contributed by atoms with Crippen molar-refractivity contribution in [1.82, 2.24) is 9.36 Å². The minimum Gasteiger partial charge on any atom is -0.344 e. The number of nitrogens with zero attached hydrogens (tertiary/aromatic N) is 3. The molecular weight excluding hydrogens is 206 g/mol. The first kappa shape index (κ1) is 10.9. The number of hydrogen-bond donors (Lipinski definition) is 0. The molecule has 0 aliphatic carbocycles. The molecule has 1 aromatic rings. The molecule has 0 N–H and O–H groups in total. The minimum absolute atomic E-state index is 0.624. The van der Waals surface area contributed by atoms with Gasteiger partial charge in [0.15, 0.2) is 0 Å². The van der Waals surface area contributed by atoms with Gasteiger partial charge in [0, 0.05) is 30.5 Å². The highest BCUT2D eigenvalue weighted by molar-refractivity contribution is 7.09. The normalized spacial score (nSPS) is 27.0. The average Bonchev–Trinajstić information content (AvgIpc) is 2.70. The number of aryl methyl sites for hydroxylation is 1. The van der Waals surface area contributed by atoms with Crippen molar-refractivity contribution in [1.29, 1.82) is 0 Å². The summed E-state index contributed by atoms with van der Waals surface area (Å²) < 4.78 is 4.36. The molecule has 1 fully saturated rings. The lowest BCUT2D eigenvalue weighted by Crippen LogP contribution is -2.41. The zero-order chi connectivity index (χ0) is 10.8. The van der Waals surface area contributed by atoms with Crippen molar-refractivity contribution in [2.24, 2.45) is 5.92 Å². The van der Waals surface area contributed by atoms with Crippen LogP contribution in [0.5, 0.6) is 0 Å². The Balaban J connectivity index is 2.13.